The zero-order valence-corrected chi connectivity index (χ0v) is 17.4. The van der Waals surface area contributed by atoms with Crippen molar-refractivity contribution in [1.29, 1.82) is 0 Å². The van der Waals surface area contributed by atoms with Gasteiger partial charge in [0, 0.05) is 18.5 Å². The molecular weight excluding hydrogens is 418 g/mol. The van der Waals surface area contributed by atoms with Crippen molar-refractivity contribution in [2.24, 2.45) is 0 Å². The molecule has 160 valence electrons. The van der Waals surface area contributed by atoms with E-state index < -0.39 is 15.9 Å². The van der Waals surface area contributed by atoms with Crippen molar-refractivity contribution in [3.63, 3.8) is 0 Å². The van der Waals surface area contributed by atoms with Crippen LogP contribution in [0.5, 0.6) is 0 Å². The quantitative estimate of drug-likeness (QED) is 0.588. The van der Waals surface area contributed by atoms with Gasteiger partial charge in [0.15, 0.2) is 0 Å². The van der Waals surface area contributed by atoms with E-state index in [1.807, 2.05) is 6.07 Å². The van der Waals surface area contributed by atoms with Crippen LogP contribution in [-0.4, -0.2) is 26.8 Å². The van der Waals surface area contributed by atoms with Gasteiger partial charge in [-0.25, -0.2) is 13.1 Å². The fourth-order valence-electron chi connectivity index (χ4n) is 3.36. The average Bonchev–Trinajstić information content (AvgIpc) is 3.44. The zero-order valence-electron chi connectivity index (χ0n) is 16.6. The lowest BCUT2D eigenvalue weighted by atomic mass is 10.2. The van der Waals surface area contributed by atoms with Gasteiger partial charge >= 0.3 is 0 Å². The van der Waals surface area contributed by atoms with Crippen LogP contribution in [0.4, 0.5) is 11.4 Å². The fraction of sp³-hybridized carbons (Fsp3) is 0.182. The van der Waals surface area contributed by atoms with E-state index in [0.29, 0.717) is 35.7 Å². The maximum atomic E-state index is 12.7. The number of hydrogen-bond donors (Lipinski definition) is 2. The minimum Gasteiger partial charge on any atom is -0.468 e. The van der Waals surface area contributed by atoms with Gasteiger partial charge in [0.2, 0.25) is 15.9 Å². The van der Waals surface area contributed by atoms with Crippen molar-refractivity contribution in [3.8, 4) is 0 Å². The highest BCUT2D eigenvalue weighted by molar-refractivity contribution is 7.89. The number of benzene rings is 2. The minimum atomic E-state index is -3.75. The zero-order chi connectivity index (χ0) is 21.8. The summed E-state index contributed by atoms with van der Waals surface area (Å²) in [4.78, 5) is 26.5. The summed E-state index contributed by atoms with van der Waals surface area (Å²) < 4.78 is 32.4. The maximum Gasteiger partial charge on any atom is 0.255 e. The molecule has 2 heterocycles. The Hall–Kier alpha value is -3.43. The van der Waals surface area contributed by atoms with Crippen molar-refractivity contribution in [2.75, 3.05) is 16.8 Å². The Morgan fingerprint density at radius 3 is 2.48 bits per heavy atom. The van der Waals surface area contributed by atoms with Gasteiger partial charge in [0.25, 0.3) is 5.91 Å². The third-order valence-corrected chi connectivity index (χ3v) is 6.38. The van der Waals surface area contributed by atoms with Crippen LogP contribution in [0.2, 0.25) is 0 Å². The van der Waals surface area contributed by atoms with Crippen LogP contribution in [0.3, 0.4) is 0 Å². The highest BCUT2D eigenvalue weighted by Gasteiger charge is 2.24. The summed E-state index contributed by atoms with van der Waals surface area (Å²) in [5.74, 6) is 0.125. The first-order chi connectivity index (χ1) is 14.9. The van der Waals surface area contributed by atoms with Crippen LogP contribution in [0.1, 0.15) is 29.0 Å². The number of carbonyl (C=O) groups is 2. The molecule has 1 fully saturated rings. The van der Waals surface area contributed by atoms with Crippen molar-refractivity contribution >= 4 is 33.2 Å². The first kappa shape index (κ1) is 20.8. The molecule has 0 unspecified atom stereocenters. The topological polar surface area (TPSA) is 109 Å². The SMILES string of the molecule is O=C(Nc1ccccc1N1CCCC1=O)c1ccc(S(=O)(=O)NCc2ccco2)cc1. The van der Waals surface area contributed by atoms with Crippen LogP contribution >= 0.6 is 0 Å². The molecule has 1 aromatic heterocycles. The van der Waals surface area contributed by atoms with Crippen LogP contribution in [0.15, 0.2) is 76.2 Å². The van der Waals surface area contributed by atoms with E-state index in [1.54, 1.807) is 35.2 Å². The maximum absolute atomic E-state index is 12.7. The number of nitrogens with zero attached hydrogens (tertiary/aromatic N) is 1. The van der Waals surface area contributed by atoms with E-state index in [-0.39, 0.29) is 17.3 Å². The summed E-state index contributed by atoms with van der Waals surface area (Å²) in [6.07, 6.45) is 2.74. The third-order valence-electron chi connectivity index (χ3n) is 4.96. The summed E-state index contributed by atoms with van der Waals surface area (Å²) >= 11 is 0. The number of furan rings is 1. The summed E-state index contributed by atoms with van der Waals surface area (Å²) in [7, 11) is -3.75. The van der Waals surface area contributed by atoms with Crippen LogP contribution in [-0.2, 0) is 21.4 Å². The molecule has 1 saturated heterocycles. The molecule has 0 spiro atoms. The number of anilines is 2. The highest BCUT2D eigenvalue weighted by atomic mass is 32.2. The fourth-order valence-corrected chi connectivity index (χ4v) is 4.35. The van der Waals surface area contributed by atoms with Crippen molar-refractivity contribution < 1.29 is 22.4 Å². The second kappa shape index (κ2) is 8.75. The van der Waals surface area contributed by atoms with E-state index >= 15 is 0 Å². The normalized spacial score (nSPS) is 14.1. The predicted molar refractivity (Wildman–Crippen MR) is 115 cm³/mol. The molecule has 0 aliphatic carbocycles. The van der Waals surface area contributed by atoms with Gasteiger partial charge in [-0.3, -0.25) is 9.59 Å². The van der Waals surface area contributed by atoms with Crippen LogP contribution < -0.4 is 14.9 Å². The lowest BCUT2D eigenvalue weighted by molar-refractivity contribution is -0.117. The largest absolute Gasteiger partial charge is 0.468 e. The molecule has 9 heteroatoms. The summed E-state index contributed by atoms with van der Waals surface area (Å²) in [5, 5.41) is 2.82. The molecule has 2 N–H and O–H groups in total. The van der Waals surface area contributed by atoms with Gasteiger partial charge in [0.05, 0.1) is 29.1 Å². The van der Waals surface area contributed by atoms with E-state index in [0.717, 1.165) is 6.42 Å². The Morgan fingerprint density at radius 1 is 1.03 bits per heavy atom. The molecule has 2 amide bonds. The number of hydrogen-bond acceptors (Lipinski definition) is 5. The first-order valence-electron chi connectivity index (χ1n) is 9.77. The summed E-state index contributed by atoms with van der Waals surface area (Å²) in [5.41, 5.74) is 1.48. The number of nitrogens with one attached hydrogen (secondary N) is 2. The van der Waals surface area contributed by atoms with Gasteiger partial charge in [0.1, 0.15) is 5.76 Å². The van der Waals surface area contributed by atoms with E-state index in [9.17, 15) is 18.0 Å². The number of carbonyl (C=O) groups excluding carboxylic acids is 2. The minimum absolute atomic E-state index is 0.0262. The lowest BCUT2D eigenvalue weighted by Crippen LogP contribution is -2.25. The molecular formula is C22H21N3O5S. The van der Waals surface area contributed by atoms with Gasteiger partial charge in [-0.2, -0.15) is 0 Å². The summed E-state index contributed by atoms with van der Waals surface area (Å²) in [6.45, 7) is 0.646. The standard InChI is InChI=1S/C22H21N3O5S/c26-21-8-3-13-25(21)20-7-2-1-6-19(20)24-22(27)16-9-11-18(12-10-16)31(28,29)23-15-17-5-4-14-30-17/h1-2,4-7,9-12,14,23H,3,8,13,15H2,(H,24,27). The third kappa shape index (κ3) is 4.68. The van der Waals surface area contributed by atoms with Gasteiger partial charge in [-0.1, -0.05) is 12.1 Å². The molecule has 0 atom stereocenters. The monoisotopic (exact) mass is 439 g/mol. The van der Waals surface area contributed by atoms with E-state index in [2.05, 4.69) is 10.0 Å². The Kier molecular flexibility index (Phi) is 5.88. The Morgan fingerprint density at radius 2 is 1.81 bits per heavy atom. The Balaban J connectivity index is 1.46. The van der Waals surface area contributed by atoms with E-state index in [4.69, 9.17) is 4.42 Å². The van der Waals surface area contributed by atoms with Gasteiger partial charge < -0.3 is 14.6 Å². The van der Waals surface area contributed by atoms with Gasteiger partial charge in [-0.15, -0.1) is 0 Å². The van der Waals surface area contributed by atoms with Crippen molar-refractivity contribution in [3.05, 3.63) is 78.3 Å². The van der Waals surface area contributed by atoms with Gasteiger partial charge in [-0.05, 0) is 55.0 Å². The molecule has 0 bridgehead atoms. The molecule has 3 aromatic rings. The van der Waals surface area contributed by atoms with Crippen molar-refractivity contribution in [2.45, 2.75) is 24.3 Å². The predicted octanol–water partition coefficient (Wildman–Crippen LogP) is 3.14. The summed E-state index contributed by atoms with van der Waals surface area (Å²) in [6, 6.07) is 16.1. The lowest BCUT2D eigenvalue weighted by Gasteiger charge is -2.20. The highest BCUT2D eigenvalue weighted by Crippen LogP contribution is 2.29. The smallest absolute Gasteiger partial charge is 0.255 e. The Bertz CT molecular complexity index is 1190. The van der Waals surface area contributed by atoms with Crippen LogP contribution in [0.25, 0.3) is 0 Å². The molecule has 8 nitrogen and oxygen atoms in total. The average molecular weight is 439 g/mol. The van der Waals surface area contributed by atoms with Crippen LogP contribution in [0, 0.1) is 0 Å². The molecule has 0 saturated carbocycles. The molecule has 31 heavy (non-hydrogen) atoms. The molecule has 4 rings (SSSR count). The number of rotatable bonds is 7. The number of amides is 2. The molecule has 0 radical (unpaired) electrons. The molecule has 1 aliphatic rings. The first-order valence-corrected chi connectivity index (χ1v) is 11.3. The van der Waals surface area contributed by atoms with Crippen molar-refractivity contribution in [1.82, 2.24) is 4.72 Å². The van der Waals surface area contributed by atoms with E-state index in [1.165, 1.54) is 30.5 Å². The molecule has 2 aromatic carbocycles. The Labute approximate surface area is 179 Å². The molecule has 1 aliphatic heterocycles. The second-order valence-electron chi connectivity index (χ2n) is 7.05. The number of sulfonamides is 1. The second-order valence-corrected chi connectivity index (χ2v) is 8.82. The number of para-hydroxylation sites is 2.